The Balaban J connectivity index is 0.00000385. The molecule has 1 aromatic carbocycles. The van der Waals surface area contributed by atoms with Crippen LogP contribution in [-0.4, -0.2) is 85.6 Å². The molecule has 0 saturated carbocycles. The highest BCUT2D eigenvalue weighted by atomic mass is 127. The molecule has 1 aromatic rings. The molecule has 2 aliphatic rings. The number of rotatable bonds is 6. The molecule has 9 nitrogen and oxygen atoms in total. The largest absolute Gasteiger partial charge is 0.450 e. The summed E-state index contributed by atoms with van der Waals surface area (Å²) in [4.78, 5) is 34.1. The van der Waals surface area contributed by atoms with E-state index in [0.717, 1.165) is 38.4 Å². The first-order valence-corrected chi connectivity index (χ1v) is 11.5. The highest BCUT2D eigenvalue weighted by Gasteiger charge is 2.25. The molecule has 0 bridgehead atoms. The Morgan fingerprint density at radius 1 is 1.15 bits per heavy atom. The Bertz CT molecular complexity index is 813. The van der Waals surface area contributed by atoms with Crippen molar-refractivity contribution in [1.29, 1.82) is 0 Å². The number of aliphatic imine (C=N–C) groups is 1. The SMILES string of the molecule is CCOC(=O)N1CCN(C(=NC)NCc2cccc(CN3CCCC(C(N)=O)C3)c2)CC1.I. The van der Waals surface area contributed by atoms with Gasteiger partial charge in [0.1, 0.15) is 0 Å². The number of benzene rings is 1. The van der Waals surface area contributed by atoms with Crippen molar-refractivity contribution >= 4 is 41.9 Å². The predicted octanol–water partition coefficient (Wildman–Crippen LogP) is 1.85. The summed E-state index contributed by atoms with van der Waals surface area (Å²) < 4.78 is 5.09. The van der Waals surface area contributed by atoms with Crippen LogP contribution in [0.25, 0.3) is 0 Å². The molecule has 3 N–H and O–H groups in total. The van der Waals surface area contributed by atoms with Crippen LogP contribution in [-0.2, 0) is 22.6 Å². The van der Waals surface area contributed by atoms with Crippen molar-refractivity contribution < 1.29 is 14.3 Å². The van der Waals surface area contributed by atoms with Crippen molar-refractivity contribution in [2.75, 3.05) is 52.9 Å². The van der Waals surface area contributed by atoms with Crippen molar-refractivity contribution in [3.05, 3.63) is 35.4 Å². The number of nitrogens with zero attached hydrogens (tertiary/aromatic N) is 4. The molecule has 184 valence electrons. The second-order valence-electron chi connectivity index (χ2n) is 8.37. The fourth-order valence-electron chi connectivity index (χ4n) is 4.36. The molecule has 1 atom stereocenters. The number of likely N-dealkylation sites (tertiary alicyclic amines) is 1. The zero-order valence-electron chi connectivity index (χ0n) is 19.7. The Labute approximate surface area is 213 Å². The molecule has 2 saturated heterocycles. The second-order valence-corrected chi connectivity index (χ2v) is 8.37. The number of primary amides is 1. The van der Waals surface area contributed by atoms with E-state index in [0.29, 0.717) is 39.3 Å². The summed E-state index contributed by atoms with van der Waals surface area (Å²) in [7, 11) is 1.78. The first-order valence-electron chi connectivity index (χ1n) is 11.5. The van der Waals surface area contributed by atoms with Gasteiger partial charge in [0.15, 0.2) is 5.96 Å². The van der Waals surface area contributed by atoms with Gasteiger partial charge in [-0.2, -0.15) is 0 Å². The van der Waals surface area contributed by atoms with Gasteiger partial charge in [0, 0.05) is 52.9 Å². The number of ether oxygens (including phenoxy) is 1. The molecule has 33 heavy (non-hydrogen) atoms. The van der Waals surface area contributed by atoms with E-state index in [4.69, 9.17) is 10.5 Å². The van der Waals surface area contributed by atoms with E-state index in [-0.39, 0.29) is 41.9 Å². The third kappa shape index (κ3) is 8.02. The van der Waals surface area contributed by atoms with Crippen LogP contribution in [0.2, 0.25) is 0 Å². The number of piperazine rings is 1. The zero-order chi connectivity index (χ0) is 22.9. The molecule has 0 aromatic heterocycles. The molecule has 1 unspecified atom stereocenters. The van der Waals surface area contributed by atoms with Crippen molar-refractivity contribution in [3.8, 4) is 0 Å². The molecule has 3 rings (SSSR count). The molecule has 2 heterocycles. The predicted molar refractivity (Wildman–Crippen MR) is 139 cm³/mol. The fraction of sp³-hybridized carbons (Fsp3) is 0.609. The normalized spacial score (nSPS) is 19.6. The molecule has 0 spiro atoms. The third-order valence-electron chi connectivity index (χ3n) is 6.07. The topological polar surface area (TPSA) is 104 Å². The first-order chi connectivity index (χ1) is 15.5. The number of amides is 2. The van der Waals surface area contributed by atoms with Gasteiger partial charge in [-0.25, -0.2) is 4.79 Å². The van der Waals surface area contributed by atoms with E-state index in [2.05, 4.69) is 44.4 Å². The number of hydrogen-bond acceptors (Lipinski definition) is 5. The monoisotopic (exact) mass is 572 g/mol. The number of carbonyl (C=O) groups excluding carboxylic acids is 2. The summed E-state index contributed by atoms with van der Waals surface area (Å²) in [5.74, 6) is 0.600. The van der Waals surface area contributed by atoms with Crippen molar-refractivity contribution in [2.45, 2.75) is 32.9 Å². The minimum Gasteiger partial charge on any atom is -0.450 e. The van der Waals surface area contributed by atoms with Gasteiger partial charge in [-0.3, -0.25) is 14.7 Å². The summed E-state index contributed by atoms with van der Waals surface area (Å²) >= 11 is 0. The van der Waals surface area contributed by atoms with Crippen LogP contribution in [0, 0.1) is 5.92 Å². The van der Waals surface area contributed by atoms with E-state index < -0.39 is 0 Å². The van der Waals surface area contributed by atoms with Gasteiger partial charge in [-0.15, -0.1) is 24.0 Å². The second kappa shape index (κ2) is 13.6. The van der Waals surface area contributed by atoms with Gasteiger partial charge in [-0.1, -0.05) is 24.3 Å². The van der Waals surface area contributed by atoms with Crippen LogP contribution in [0.15, 0.2) is 29.3 Å². The number of hydrogen-bond donors (Lipinski definition) is 2. The highest BCUT2D eigenvalue weighted by molar-refractivity contribution is 14.0. The van der Waals surface area contributed by atoms with E-state index in [1.807, 2.05) is 6.92 Å². The number of guanidine groups is 1. The van der Waals surface area contributed by atoms with Crippen LogP contribution in [0.1, 0.15) is 30.9 Å². The Hall–Kier alpha value is -2.08. The smallest absolute Gasteiger partial charge is 0.409 e. The maximum absolute atomic E-state index is 11.9. The van der Waals surface area contributed by atoms with E-state index in [1.165, 1.54) is 11.1 Å². The lowest BCUT2D eigenvalue weighted by molar-refractivity contribution is -0.123. The summed E-state index contributed by atoms with van der Waals surface area (Å²) in [5.41, 5.74) is 7.92. The Morgan fingerprint density at radius 3 is 2.52 bits per heavy atom. The van der Waals surface area contributed by atoms with Crippen molar-refractivity contribution in [2.24, 2.45) is 16.6 Å². The molecular weight excluding hydrogens is 535 g/mol. The van der Waals surface area contributed by atoms with Crippen LogP contribution < -0.4 is 11.1 Å². The zero-order valence-corrected chi connectivity index (χ0v) is 22.0. The number of carbonyl (C=O) groups is 2. The lowest BCUT2D eigenvalue weighted by Gasteiger charge is -2.35. The fourth-order valence-corrected chi connectivity index (χ4v) is 4.36. The van der Waals surface area contributed by atoms with Gasteiger partial charge in [-0.05, 0) is 37.4 Å². The van der Waals surface area contributed by atoms with Crippen molar-refractivity contribution in [1.82, 2.24) is 20.0 Å². The third-order valence-corrected chi connectivity index (χ3v) is 6.07. The van der Waals surface area contributed by atoms with Crippen LogP contribution in [0.3, 0.4) is 0 Å². The molecular formula is C23H37IN6O3. The van der Waals surface area contributed by atoms with E-state index in [9.17, 15) is 9.59 Å². The summed E-state index contributed by atoms with van der Waals surface area (Å²) in [6.07, 6.45) is 1.65. The Morgan fingerprint density at radius 2 is 1.85 bits per heavy atom. The van der Waals surface area contributed by atoms with Crippen LogP contribution >= 0.6 is 24.0 Å². The van der Waals surface area contributed by atoms with E-state index in [1.54, 1.807) is 11.9 Å². The number of piperidine rings is 1. The molecule has 2 amide bonds. The van der Waals surface area contributed by atoms with Gasteiger partial charge in [0.25, 0.3) is 0 Å². The lowest BCUT2D eigenvalue weighted by Crippen LogP contribution is -2.53. The first kappa shape index (κ1) is 27.2. The summed E-state index contributed by atoms with van der Waals surface area (Å²) in [6, 6.07) is 8.50. The maximum atomic E-state index is 11.9. The van der Waals surface area contributed by atoms with Crippen molar-refractivity contribution in [3.63, 3.8) is 0 Å². The molecule has 10 heteroatoms. The quantitative estimate of drug-likeness (QED) is 0.307. The van der Waals surface area contributed by atoms with Gasteiger partial charge >= 0.3 is 6.09 Å². The molecule has 0 aliphatic carbocycles. The highest BCUT2D eigenvalue weighted by Crippen LogP contribution is 2.19. The number of halogens is 1. The van der Waals surface area contributed by atoms with Gasteiger partial charge in [0.2, 0.25) is 5.91 Å². The van der Waals surface area contributed by atoms with Crippen LogP contribution in [0.5, 0.6) is 0 Å². The minimum absolute atomic E-state index is 0. The molecule has 0 radical (unpaired) electrons. The lowest BCUT2D eigenvalue weighted by atomic mass is 9.97. The summed E-state index contributed by atoms with van der Waals surface area (Å²) in [6.45, 7) is 8.12. The van der Waals surface area contributed by atoms with E-state index >= 15 is 0 Å². The summed E-state index contributed by atoms with van der Waals surface area (Å²) in [5, 5.41) is 3.44. The molecule has 2 aliphatic heterocycles. The number of nitrogens with one attached hydrogen (secondary N) is 1. The average Bonchev–Trinajstić information content (AvgIpc) is 2.80. The Kier molecular flexibility index (Phi) is 11.2. The average molecular weight is 572 g/mol. The standard InChI is InChI=1S/C23H36N6O3.HI/c1-3-32-23(31)29-12-10-28(11-13-29)22(25-2)26-15-18-6-4-7-19(14-18)16-27-9-5-8-20(17-27)21(24)30;/h4,6-7,14,20H,3,5,8-13,15-17H2,1-2H3,(H2,24,30)(H,25,26);1H. The number of nitrogens with two attached hydrogens (primary N) is 1. The van der Waals surface area contributed by atoms with Gasteiger partial charge in [0.05, 0.1) is 12.5 Å². The maximum Gasteiger partial charge on any atom is 0.409 e. The van der Waals surface area contributed by atoms with Gasteiger partial charge < -0.3 is 25.6 Å². The molecule has 2 fully saturated rings. The minimum atomic E-state index is -0.247. The van der Waals surface area contributed by atoms with Crippen LogP contribution in [0.4, 0.5) is 4.79 Å².